The number of halogens is 5. The standard InChI is InChI=1S/C12H10BrF4N3/c13-6-3-7-8(18)1-2-9(10(7)19-4-6)20-5-12(16,17)11(14)15/h1-4,11,20H,5,18H2. The predicted octanol–water partition coefficient (Wildman–Crippen LogP) is 3.89. The maximum absolute atomic E-state index is 12.9. The van der Waals surface area contributed by atoms with E-state index < -0.39 is 18.9 Å². The number of alkyl halides is 4. The van der Waals surface area contributed by atoms with E-state index in [-0.39, 0.29) is 5.69 Å². The number of nitrogens with two attached hydrogens (primary N) is 1. The van der Waals surface area contributed by atoms with Crippen LogP contribution in [0, 0.1) is 0 Å². The molecule has 8 heteroatoms. The third-order valence-electron chi connectivity index (χ3n) is 2.68. The Labute approximate surface area is 120 Å². The van der Waals surface area contributed by atoms with Gasteiger partial charge in [0, 0.05) is 21.7 Å². The zero-order valence-corrected chi connectivity index (χ0v) is 11.6. The molecule has 0 fully saturated rings. The van der Waals surface area contributed by atoms with Gasteiger partial charge in [0.05, 0.1) is 17.7 Å². The van der Waals surface area contributed by atoms with Crippen LogP contribution in [-0.4, -0.2) is 23.9 Å². The number of fused-ring (bicyclic) bond motifs is 1. The fourth-order valence-corrected chi connectivity index (χ4v) is 1.98. The van der Waals surface area contributed by atoms with E-state index in [2.05, 4.69) is 26.2 Å². The molecule has 0 atom stereocenters. The third-order valence-corrected chi connectivity index (χ3v) is 3.12. The monoisotopic (exact) mass is 351 g/mol. The molecule has 0 amide bonds. The van der Waals surface area contributed by atoms with Gasteiger partial charge in [-0.3, -0.25) is 4.98 Å². The predicted molar refractivity (Wildman–Crippen MR) is 73.3 cm³/mol. The Hall–Kier alpha value is -1.57. The molecule has 0 bridgehead atoms. The lowest BCUT2D eigenvalue weighted by Crippen LogP contribution is -2.34. The van der Waals surface area contributed by atoms with Gasteiger partial charge in [-0.05, 0) is 34.1 Å². The molecular formula is C12H10BrF4N3. The molecule has 0 saturated carbocycles. The normalized spacial score (nSPS) is 12.1. The molecule has 0 unspecified atom stereocenters. The van der Waals surface area contributed by atoms with Crippen molar-refractivity contribution in [2.45, 2.75) is 12.3 Å². The summed E-state index contributed by atoms with van der Waals surface area (Å²) in [5.74, 6) is -4.11. The van der Waals surface area contributed by atoms with Crippen molar-refractivity contribution in [2.75, 3.05) is 17.6 Å². The SMILES string of the molecule is Nc1ccc(NCC(F)(F)C(F)F)c2ncc(Br)cc12. The molecule has 2 aromatic rings. The number of rotatable bonds is 4. The number of pyridine rings is 1. The van der Waals surface area contributed by atoms with Gasteiger partial charge < -0.3 is 11.1 Å². The minimum absolute atomic E-state index is 0.224. The minimum atomic E-state index is -4.11. The number of hydrogen-bond donors (Lipinski definition) is 2. The average Bonchev–Trinajstić information content (AvgIpc) is 2.38. The van der Waals surface area contributed by atoms with Crippen LogP contribution in [0.15, 0.2) is 28.9 Å². The Kier molecular flexibility index (Phi) is 4.03. The maximum atomic E-state index is 12.9. The molecule has 0 aliphatic heterocycles. The first-order chi connectivity index (χ1) is 9.31. The summed E-state index contributed by atoms with van der Waals surface area (Å²) in [6, 6.07) is 4.60. The first-order valence-electron chi connectivity index (χ1n) is 5.55. The van der Waals surface area contributed by atoms with Crippen LogP contribution in [0.4, 0.5) is 28.9 Å². The molecule has 0 saturated heterocycles. The van der Waals surface area contributed by atoms with Crippen molar-refractivity contribution in [3.63, 3.8) is 0 Å². The zero-order valence-electron chi connectivity index (χ0n) is 10.0. The lowest BCUT2D eigenvalue weighted by atomic mass is 10.1. The van der Waals surface area contributed by atoms with Gasteiger partial charge in [0.25, 0.3) is 0 Å². The molecule has 0 aliphatic rings. The molecule has 0 spiro atoms. The highest BCUT2D eigenvalue weighted by Gasteiger charge is 2.40. The van der Waals surface area contributed by atoms with Crippen molar-refractivity contribution in [2.24, 2.45) is 0 Å². The van der Waals surface area contributed by atoms with E-state index in [1.165, 1.54) is 18.3 Å². The second-order valence-electron chi connectivity index (χ2n) is 4.17. The number of nitrogen functional groups attached to an aromatic ring is 1. The van der Waals surface area contributed by atoms with Gasteiger partial charge in [-0.1, -0.05) is 0 Å². The van der Waals surface area contributed by atoms with E-state index in [4.69, 9.17) is 5.73 Å². The summed E-state index contributed by atoms with van der Waals surface area (Å²) in [5, 5.41) is 2.84. The zero-order chi connectivity index (χ0) is 14.9. The van der Waals surface area contributed by atoms with E-state index in [1.54, 1.807) is 6.07 Å². The summed E-state index contributed by atoms with van der Waals surface area (Å²) in [6.45, 7) is -1.18. The second-order valence-corrected chi connectivity index (χ2v) is 5.08. The maximum Gasteiger partial charge on any atom is 0.324 e. The molecular weight excluding hydrogens is 342 g/mol. The highest BCUT2D eigenvalue weighted by atomic mass is 79.9. The molecule has 3 N–H and O–H groups in total. The van der Waals surface area contributed by atoms with Crippen molar-refractivity contribution in [1.82, 2.24) is 4.98 Å². The fourth-order valence-electron chi connectivity index (χ4n) is 1.65. The highest BCUT2D eigenvalue weighted by molar-refractivity contribution is 9.10. The van der Waals surface area contributed by atoms with Gasteiger partial charge in [0.2, 0.25) is 0 Å². The average molecular weight is 352 g/mol. The topological polar surface area (TPSA) is 50.9 Å². The number of aromatic nitrogens is 1. The fraction of sp³-hybridized carbons (Fsp3) is 0.250. The minimum Gasteiger partial charge on any atom is -0.398 e. The van der Waals surface area contributed by atoms with Gasteiger partial charge in [0.1, 0.15) is 0 Å². The van der Waals surface area contributed by atoms with Gasteiger partial charge in [-0.2, -0.15) is 8.78 Å². The Balaban J connectivity index is 2.34. The molecule has 0 aliphatic carbocycles. The van der Waals surface area contributed by atoms with Crippen LogP contribution in [0.2, 0.25) is 0 Å². The van der Waals surface area contributed by atoms with Crippen molar-refractivity contribution in [3.05, 3.63) is 28.9 Å². The lowest BCUT2D eigenvalue weighted by molar-refractivity contribution is -0.117. The van der Waals surface area contributed by atoms with Crippen molar-refractivity contribution in [3.8, 4) is 0 Å². The molecule has 1 aromatic carbocycles. The summed E-state index contributed by atoms with van der Waals surface area (Å²) in [5.41, 5.74) is 6.75. The van der Waals surface area contributed by atoms with Gasteiger partial charge in [0.15, 0.2) is 0 Å². The number of hydrogen-bond acceptors (Lipinski definition) is 3. The van der Waals surface area contributed by atoms with Crippen molar-refractivity contribution >= 4 is 38.2 Å². The van der Waals surface area contributed by atoms with Crippen LogP contribution in [0.3, 0.4) is 0 Å². The molecule has 2 rings (SSSR count). The largest absolute Gasteiger partial charge is 0.398 e. The van der Waals surface area contributed by atoms with Crippen molar-refractivity contribution in [1.29, 1.82) is 0 Å². The Morgan fingerprint density at radius 2 is 2.05 bits per heavy atom. The van der Waals surface area contributed by atoms with E-state index in [0.717, 1.165) is 0 Å². The van der Waals surface area contributed by atoms with Gasteiger partial charge in [-0.25, -0.2) is 8.78 Å². The quantitative estimate of drug-likeness (QED) is 0.648. The van der Waals surface area contributed by atoms with Crippen LogP contribution < -0.4 is 11.1 Å². The van der Waals surface area contributed by atoms with Crippen molar-refractivity contribution < 1.29 is 17.6 Å². The van der Waals surface area contributed by atoms with Crippen LogP contribution in [0.5, 0.6) is 0 Å². The molecule has 1 aromatic heterocycles. The molecule has 20 heavy (non-hydrogen) atoms. The van der Waals surface area contributed by atoms with E-state index in [1.807, 2.05) is 0 Å². The molecule has 0 radical (unpaired) electrons. The number of anilines is 2. The van der Waals surface area contributed by atoms with Gasteiger partial charge >= 0.3 is 12.3 Å². The summed E-state index contributed by atoms with van der Waals surface area (Å²) in [7, 11) is 0. The van der Waals surface area contributed by atoms with Gasteiger partial charge in [-0.15, -0.1) is 0 Å². The summed E-state index contributed by atoms with van der Waals surface area (Å²) < 4.78 is 50.7. The summed E-state index contributed by atoms with van der Waals surface area (Å²) in [6.07, 6.45) is -2.25. The van der Waals surface area contributed by atoms with Crippen LogP contribution >= 0.6 is 15.9 Å². The molecule has 108 valence electrons. The molecule has 1 heterocycles. The van der Waals surface area contributed by atoms with E-state index >= 15 is 0 Å². The van der Waals surface area contributed by atoms with Crippen LogP contribution in [-0.2, 0) is 0 Å². The third kappa shape index (κ3) is 2.95. The van der Waals surface area contributed by atoms with Crippen LogP contribution in [0.25, 0.3) is 10.9 Å². The van der Waals surface area contributed by atoms with Crippen LogP contribution in [0.1, 0.15) is 0 Å². The summed E-state index contributed by atoms with van der Waals surface area (Å²) in [4.78, 5) is 4.07. The highest BCUT2D eigenvalue weighted by Crippen LogP contribution is 2.30. The Morgan fingerprint density at radius 1 is 1.35 bits per heavy atom. The Morgan fingerprint density at radius 3 is 2.70 bits per heavy atom. The molecule has 3 nitrogen and oxygen atoms in total. The number of benzene rings is 1. The van der Waals surface area contributed by atoms with E-state index in [9.17, 15) is 17.6 Å². The summed E-state index contributed by atoms with van der Waals surface area (Å²) >= 11 is 3.22. The van der Waals surface area contributed by atoms with E-state index in [0.29, 0.717) is 21.1 Å². The number of nitrogens with zero attached hydrogens (tertiary/aromatic N) is 1. The Bertz CT molecular complexity index is 633. The first kappa shape index (κ1) is 14.8. The second kappa shape index (κ2) is 5.43. The lowest BCUT2D eigenvalue weighted by Gasteiger charge is -2.17. The first-order valence-corrected chi connectivity index (χ1v) is 6.34. The smallest absolute Gasteiger partial charge is 0.324 e. The number of nitrogens with one attached hydrogen (secondary N) is 1.